The summed E-state index contributed by atoms with van der Waals surface area (Å²) in [6.07, 6.45) is 14.6. The average Bonchev–Trinajstić information content (AvgIpc) is 2.62. The predicted octanol–water partition coefficient (Wildman–Crippen LogP) is 3.40. The molecule has 0 bridgehead atoms. The molecule has 1 rings (SSSR count). The Labute approximate surface area is 156 Å². The molecule has 1 aliphatic carbocycles. The quantitative estimate of drug-likeness (QED) is 0.302. The number of nitrogens with zero attached hydrogens (tertiary/aromatic N) is 2. The van der Waals surface area contributed by atoms with Gasteiger partial charge in [0.15, 0.2) is 5.96 Å². The molecule has 1 aliphatic rings. The molecule has 2 N–H and O–H groups in total. The Hall–Kier alpha value is -0.810. The first kappa shape index (κ1) is 22.2. The molecule has 148 valence electrons. The Kier molecular flexibility index (Phi) is 13.7. The highest BCUT2D eigenvalue weighted by Gasteiger charge is 2.12. The fourth-order valence-corrected chi connectivity index (χ4v) is 3.27. The summed E-state index contributed by atoms with van der Waals surface area (Å²) < 4.78 is 5.96. The Morgan fingerprint density at radius 1 is 0.920 bits per heavy atom. The number of aliphatic imine (C=N–C) groups is 1. The van der Waals surface area contributed by atoms with Crippen LogP contribution in [0.3, 0.4) is 0 Å². The molecular weight excluding hydrogens is 312 g/mol. The largest absolute Gasteiger partial charge is 0.378 e. The van der Waals surface area contributed by atoms with Crippen LogP contribution in [0.5, 0.6) is 0 Å². The molecule has 0 saturated heterocycles. The van der Waals surface area contributed by atoms with Crippen LogP contribution in [-0.4, -0.2) is 64.3 Å². The summed E-state index contributed by atoms with van der Waals surface area (Å²) in [7, 11) is 6.13. The van der Waals surface area contributed by atoms with E-state index in [2.05, 4.69) is 34.6 Å². The Morgan fingerprint density at radius 3 is 2.24 bits per heavy atom. The van der Waals surface area contributed by atoms with E-state index in [9.17, 15) is 0 Å². The molecule has 5 heteroatoms. The smallest absolute Gasteiger partial charge is 0.190 e. The first-order valence-electron chi connectivity index (χ1n) is 10.4. The standard InChI is InChI=1S/C20H42N4O/c1-21-20(22-15-10-5-4-6-11-17-24(2)3)23-16-12-18-25-19-13-8-7-9-14-19/h19H,4-18H2,1-3H3,(H2,21,22,23). The molecule has 0 aromatic heterocycles. The lowest BCUT2D eigenvalue weighted by molar-refractivity contribution is 0.0277. The van der Waals surface area contributed by atoms with E-state index >= 15 is 0 Å². The van der Waals surface area contributed by atoms with Crippen molar-refractivity contribution in [3.63, 3.8) is 0 Å². The van der Waals surface area contributed by atoms with Gasteiger partial charge in [0.25, 0.3) is 0 Å². The minimum absolute atomic E-state index is 0.518. The van der Waals surface area contributed by atoms with Gasteiger partial charge in [0.1, 0.15) is 0 Å². The molecule has 0 heterocycles. The molecule has 0 aliphatic heterocycles. The minimum atomic E-state index is 0.518. The van der Waals surface area contributed by atoms with Gasteiger partial charge in [0, 0.05) is 26.7 Å². The molecule has 0 aromatic rings. The van der Waals surface area contributed by atoms with Gasteiger partial charge in [-0.3, -0.25) is 4.99 Å². The summed E-state index contributed by atoms with van der Waals surface area (Å²) in [4.78, 5) is 6.55. The maximum atomic E-state index is 5.96. The second-order valence-electron chi connectivity index (χ2n) is 7.48. The van der Waals surface area contributed by atoms with Crippen LogP contribution in [0, 0.1) is 0 Å². The summed E-state index contributed by atoms with van der Waals surface area (Å²) in [5.74, 6) is 0.922. The van der Waals surface area contributed by atoms with Crippen LogP contribution in [0.4, 0.5) is 0 Å². The van der Waals surface area contributed by atoms with Crippen molar-refractivity contribution in [3.8, 4) is 0 Å². The third-order valence-electron chi connectivity index (χ3n) is 4.82. The lowest BCUT2D eigenvalue weighted by Gasteiger charge is -2.22. The SMILES string of the molecule is CN=C(NCCCCCCCN(C)C)NCCCOC1CCCCC1. The molecular formula is C20H42N4O. The Morgan fingerprint density at radius 2 is 1.56 bits per heavy atom. The van der Waals surface area contributed by atoms with Crippen LogP contribution < -0.4 is 10.6 Å². The van der Waals surface area contributed by atoms with Crippen LogP contribution in [0.2, 0.25) is 0 Å². The van der Waals surface area contributed by atoms with Crippen LogP contribution >= 0.6 is 0 Å². The number of unbranched alkanes of at least 4 members (excludes halogenated alkanes) is 4. The van der Waals surface area contributed by atoms with Gasteiger partial charge in [-0.2, -0.15) is 0 Å². The first-order chi connectivity index (χ1) is 12.2. The molecule has 5 nitrogen and oxygen atoms in total. The average molecular weight is 355 g/mol. The summed E-state index contributed by atoms with van der Waals surface area (Å²) in [6, 6.07) is 0. The topological polar surface area (TPSA) is 48.9 Å². The van der Waals surface area contributed by atoms with Crippen molar-refractivity contribution >= 4 is 5.96 Å². The van der Waals surface area contributed by atoms with E-state index < -0.39 is 0 Å². The molecule has 0 radical (unpaired) electrons. The summed E-state index contributed by atoms with van der Waals surface area (Å²) in [6.45, 7) is 4.00. The third-order valence-corrected chi connectivity index (χ3v) is 4.82. The Bertz CT molecular complexity index is 328. The van der Waals surface area contributed by atoms with Crippen molar-refractivity contribution in [3.05, 3.63) is 0 Å². The van der Waals surface area contributed by atoms with Gasteiger partial charge < -0.3 is 20.3 Å². The van der Waals surface area contributed by atoms with Crippen molar-refractivity contribution in [1.82, 2.24) is 15.5 Å². The summed E-state index contributed by atoms with van der Waals surface area (Å²) in [5, 5.41) is 6.79. The van der Waals surface area contributed by atoms with Crippen LogP contribution in [0.25, 0.3) is 0 Å². The second-order valence-corrected chi connectivity index (χ2v) is 7.48. The van der Waals surface area contributed by atoms with E-state index in [-0.39, 0.29) is 0 Å². The van der Waals surface area contributed by atoms with Crippen molar-refractivity contribution < 1.29 is 4.74 Å². The fourth-order valence-electron chi connectivity index (χ4n) is 3.27. The van der Waals surface area contributed by atoms with Crippen LogP contribution in [-0.2, 0) is 4.74 Å². The van der Waals surface area contributed by atoms with Gasteiger partial charge in [-0.25, -0.2) is 0 Å². The normalized spacial score (nSPS) is 16.4. The lowest BCUT2D eigenvalue weighted by Crippen LogP contribution is -2.38. The number of ether oxygens (including phenoxy) is 1. The molecule has 0 spiro atoms. The van der Waals surface area contributed by atoms with Crippen molar-refractivity contribution in [1.29, 1.82) is 0 Å². The van der Waals surface area contributed by atoms with Crippen molar-refractivity contribution in [2.24, 2.45) is 4.99 Å². The highest BCUT2D eigenvalue weighted by atomic mass is 16.5. The van der Waals surface area contributed by atoms with E-state index in [0.29, 0.717) is 6.10 Å². The van der Waals surface area contributed by atoms with Crippen molar-refractivity contribution in [2.75, 3.05) is 47.4 Å². The van der Waals surface area contributed by atoms with E-state index in [4.69, 9.17) is 4.74 Å². The summed E-state index contributed by atoms with van der Waals surface area (Å²) in [5.41, 5.74) is 0. The number of hydrogen-bond acceptors (Lipinski definition) is 3. The maximum absolute atomic E-state index is 5.96. The number of hydrogen-bond donors (Lipinski definition) is 2. The van der Waals surface area contributed by atoms with Gasteiger partial charge in [0.05, 0.1) is 6.10 Å². The zero-order valence-electron chi connectivity index (χ0n) is 17.0. The highest BCUT2D eigenvalue weighted by Crippen LogP contribution is 2.20. The molecule has 0 aromatic carbocycles. The van der Waals surface area contributed by atoms with Crippen molar-refractivity contribution in [2.45, 2.75) is 76.7 Å². The lowest BCUT2D eigenvalue weighted by atomic mass is 9.98. The Balaban J connectivity index is 1.89. The maximum Gasteiger partial charge on any atom is 0.190 e. The van der Waals surface area contributed by atoms with E-state index in [1.807, 2.05) is 7.05 Å². The van der Waals surface area contributed by atoms with Crippen LogP contribution in [0.1, 0.15) is 70.6 Å². The van der Waals surface area contributed by atoms with Gasteiger partial charge in [-0.05, 0) is 52.7 Å². The monoisotopic (exact) mass is 354 g/mol. The molecule has 0 amide bonds. The number of nitrogens with one attached hydrogen (secondary N) is 2. The molecule has 1 fully saturated rings. The molecule has 0 atom stereocenters. The second kappa shape index (κ2) is 15.4. The third kappa shape index (κ3) is 13.1. The highest BCUT2D eigenvalue weighted by molar-refractivity contribution is 5.79. The van der Waals surface area contributed by atoms with Gasteiger partial charge >= 0.3 is 0 Å². The minimum Gasteiger partial charge on any atom is -0.378 e. The van der Waals surface area contributed by atoms with Crippen LogP contribution in [0.15, 0.2) is 4.99 Å². The van der Waals surface area contributed by atoms with E-state index in [1.54, 1.807) is 0 Å². The zero-order valence-corrected chi connectivity index (χ0v) is 17.0. The predicted molar refractivity (Wildman–Crippen MR) is 108 cm³/mol. The summed E-state index contributed by atoms with van der Waals surface area (Å²) >= 11 is 0. The fraction of sp³-hybridized carbons (Fsp3) is 0.950. The van der Waals surface area contributed by atoms with Gasteiger partial charge in [-0.1, -0.05) is 38.5 Å². The first-order valence-corrected chi connectivity index (χ1v) is 10.4. The van der Waals surface area contributed by atoms with E-state index in [1.165, 1.54) is 70.8 Å². The number of guanidine groups is 1. The molecule has 25 heavy (non-hydrogen) atoms. The van der Waals surface area contributed by atoms with Gasteiger partial charge in [0.2, 0.25) is 0 Å². The number of rotatable bonds is 13. The molecule has 1 saturated carbocycles. The van der Waals surface area contributed by atoms with Gasteiger partial charge in [-0.15, -0.1) is 0 Å². The van der Waals surface area contributed by atoms with E-state index in [0.717, 1.165) is 32.1 Å². The molecule has 0 unspecified atom stereocenters. The zero-order chi connectivity index (χ0) is 18.2.